The van der Waals surface area contributed by atoms with Gasteiger partial charge in [-0.25, -0.2) is 0 Å². The van der Waals surface area contributed by atoms with Gasteiger partial charge in [-0.05, 0) is 24.0 Å². The van der Waals surface area contributed by atoms with Gasteiger partial charge in [0.1, 0.15) is 6.79 Å². The van der Waals surface area contributed by atoms with Crippen LogP contribution in [0.4, 0.5) is 0 Å². The zero-order valence-electron chi connectivity index (χ0n) is 14.0. The van der Waals surface area contributed by atoms with Crippen LogP contribution in [0.25, 0.3) is 0 Å². The number of allylic oxidation sites excluding steroid dienone is 5. The lowest BCUT2D eigenvalue weighted by Gasteiger charge is -2.07. The third-order valence-electron chi connectivity index (χ3n) is 2.59. The molecule has 4 nitrogen and oxygen atoms in total. The monoisotopic (exact) mass is 310 g/mol. The van der Waals surface area contributed by atoms with E-state index in [0.717, 1.165) is 18.4 Å². The molecular formula is C18H30O4. The molecule has 0 spiro atoms. The van der Waals surface area contributed by atoms with Crippen molar-refractivity contribution in [1.82, 2.24) is 0 Å². The molecule has 0 aromatic rings. The van der Waals surface area contributed by atoms with Crippen molar-refractivity contribution in [3.05, 3.63) is 49.3 Å². The van der Waals surface area contributed by atoms with Crippen molar-refractivity contribution in [1.29, 1.82) is 0 Å². The Balaban J connectivity index is 0. The molecular weight excluding hydrogens is 280 g/mol. The van der Waals surface area contributed by atoms with Gasteiger partial charge < -0.3 is 19.0 Å². The molecule has 2 radical (unpaired) electrons. The van der Waals surface area contributed by atoms with Crippen LogP contribution in [0.15, 0.2) is 36.0 Å². The summed E-state index contributed by atoms with van der Waals surface area (Å²) in [4.78, 5) is 8.00. The van der Waals surface area contributed by atoms with Crippen molar-refractivity contribution in [2.24, 2.45) is 0 Å². The molecule has 0 N–H and O–H groups in total. The zero-order valence-corrected chi connectivity index (χ0v) is 14.0. The molecule has 0 fully saturated rings. The minimum absolute atomic E-state index is 0.642. The van der Waals surface area contributed by atoms with E-state index in [9.17, 15) is 0 Å². The molecule has 22 heavy (non-hydrogen) atoms. The summed E-state index contributed by atoms with van der Waals surface area (Å²) in [7, 11) is 1.66. The minimum Gasteiger partial charge on any atom is -0.382 e. The van der Waals surface area contributed by atoms with E-state index in [2.05, 4.69) is 26.5 Å². The van der Waals surface area contributed by atoms with Gasteiger partial charge in [-0.2, -0.15) is 0 Å². The molecule has 0 aromatic heterocycles. The highest BCUT2D eigenvalue weighted by Gasteiger charge is 2.00. The maximum atomic E-state index is 8.00. The summed E-state index contributed by atoms with van der Waals surface area (Å²) in [6, 6.07) is 0. The Labute approximate surface area is 135 Å². The molecule has 1 rings (SSSR count). The van der Waals surface area contributed by atoms with Gasteiger partial charge in [0.25, 0.3) is 0 Å². The largest absolute Gasteiger partial charge is 0.382 e. The summed E-state index contributed by atoms with van der Waals surface area (Å²) in [5, 5.41) is 0. The van der Waals surface area contributed by atoms with Crippen LogP contribution < -0.4 is 0 Å². The van der Waals surface area contributed by atoms with E-state index >= 15 is 0 Å². The van der Waals surface area contributed by atoms with E-state index in [-0.39, 0.29) is 0 Å². The fourth-order valence-electron chi connectivity index (χ4n) is 1.47. The predicted molar refractivity (Wildman–Crippen MR) is 91.6 cm³/mol. The van der Waals surface area contributed by atoms with Crippen molar-refractivity contribution in [3.63, 3.8) is 0 Å². The van der Waals surface area contributed by atoms with E-state index in [1.807, 2.05) is 25.4 Å². The molecule has 126 valence electrons. The number of carbonyl (C=O) groups excluding carboxylic acids is 1. The molecule has 4 heteroatoms. The lowest BCUT2D eigenvalue weighted by Crippen LogP contribution is -2.08. The van der Waals surface area contributed by atoms with Gasteiger partial charge in [-0.15, -0.1) is 0 Å². The quantitative estimate of drug-likeness (QED) is 0.613. The Morgan fingerprint density at radius 2 is 1.59 bits per heavy atom. The lowest BCUT2D eigenvalue weighted by molar-refractivity contribution is -0.0979. The van der Waals surface area contributed by atoms with Crippen LogP contribution in [0.5, 0.6) is 0 Å². The van der Waals surface area contributed by atoms with Crippen LogP contribution >= 0.6 is 0 Å². The highest BCUT2D eigenvalue weighted by atomic mass is 16.5. The first-order valence-electron chi connectivity index (χ1n) is 7.38. The number of ether oxygens (including phenoxy) is 3. The fraction of sp³-hybridized carbons (Fsp3) is 0.500. The van der Waals surface area contributed by atoms with Gasteiger partial charge in [-0.3, -0.25) is 0 Å². The molecule has 0 aromatic carbocycles. The molecule has 0 bridgehead atoms. The van der Waals surface area contributed by atoms with Crippen LogP contribution in [0.2, 0.25) is 0 Å². The summed E-state index contributed by atoms with van der Waals surface area (Å²) in [6.45, 7) is 15.0. The second-order valence-corrected chi connectivity index (χ2v) is 4.19. The smallest absolute Gasteiger partial charge is 0.106 e. The maximum Gasteiger partial charge on any atom is 0.106 e. The van der Waals surface area contributed by atoms with E-state index < -0.39 is 0 Å². The average molecular weight is 310 g/mol. The van der Waals surface area contributed by atoms with Crippen molar-refractivity contribution in [3.8, 4) is 0 Å². The molecule has 0 unspecified atom stereocenters. The fourth-order valence-corrected chi connectivity index (χ4v) is 1.47. The van der Waals surface area contributed by atoms with Gasteiger partial charge in [0.2, 0.25) is 0 Å². The summed E-state index contributed by atoms with van der Waals surface area (Å²) in [5.41, 5.74) is 2.50. The molecule has 0 atom stereocenters. The predicted octanol–water partition coefficient (Wildman–Crippen LogP) is 3.36. The summed E-state index contributed by atoms with van der Waals surface area (Å²) in [6.07, 6.45) is 10.1. The number of hydrogen-bond donors (Lipinski definition) is 0. The Hall–Kier alpha value is -1.23. The standard InChI is InChI=1S/C9H11.C8H17O3.CH2O/c1-3-9-7-5-4-6-8(9)2;1-3-4-10-7-8-11-6-5-9-2;1-2/h4-7H,2-3H2,1H3;1,3-8H2,2H3;1H2. The van der Waals surface area contributed by atoms with Crippen molar-refractivity contribution in [2.75, 3.05) is 40.1 Å². The molecule has 0 saturated carbocycles. The second-order valence-electron chi connectivity index (χ2n) is 4.19. The van der Waals surface area contributed by atoms with Gasteiger partial charge in [0, 0.05) is 20.1 Å². The van der Waals surface area contributed by atoms with Crippen molar-refractivity contribution < 1.29 is 19.0 Å². The van der Waals surface area contributed by atoms with Crippen LogP contribution in [0.1, 0.15) is 19.8 Å². The average Bonchev–Trinajstić information content (AvgIpc) is 2.57. The zero-order chi connectivity index (χ0) is 17.1. The van der Waals surface area contributed by atoms with Crippen LogP contribution in [0, 0.1) is 13.3 Å². The van der Waals surface area contributed by atoms with Crippen LogP contribution in [0.3, 0.4) is 0 Å². The summed E-state index contributed by atoms with van der Waals surface area (Å²) in [5.74, 6) is 0. The Kier molecular flexibility index (Phi) is 20.7. The molecule has 0 saturated heterocycles. The van der Waals surface area contributed by atoms with Crippen molar-refractivity contribution in [2.45, 2.75) is 19.8 Å². The Bertz CT molecular complexity index is 300. The molecule has 1 aliphatic rings. The number of hydrogen-bond acceptors (Lipinski definition) is 4. The maximum absolute atomic E-state index is 8.00. The van der Waals surface area contributed by atoms with E-state index in [1.165, 1.54) is 5.57 Å². The molecule has 0 amide bonds. The van der Waals surface area contributed by atoms with E-state index in [4.69, 9.17) is 19.0 Å². The normalized spacial score (nSPS) is 12.7. The highest BCUT2D eigenvalue weighted by Crippen LogP contribution is 2.18. The molecule has 0 aliphatic heterocycles. The number of carbonyl (C=O) groups is 1. The molecule has 1 aliphatic carbocycles. The van der Waals surface area contributed by atoms with Crippen LogP contribution in [-0.2, 0) is 19.0 Å². The SMILES string of the molecule is C=C1[CH]C=CC=C1CC.C=O.[CH2]CCOCCOCCOC. The Morgan fingerprint density at radius 1 is 1.00 bits per heavy atom. The third-order valence-corrected chi connectivity index (χ3v) is 2.59. The first-order valence-corrected chi connectivity index (χ1v) is 7.38. The van der Waals surface area contributed by atoms with Gasteiger partial charge in [0.15, 0.2) is 0 Å². The van der Waals surface area contributed by atoms with Crippen LogP contribution in [-0.4, -0.2) is 46.9 Å². The number of rotatable bonds is 9. The van der Waals surface area contributed by atoms with Gasteiger partial charge in [-0.1, -0.05) is 38.7 Å². The highest BCUT2D eigenvalue weighted by molar-refractivity contribution is 5.44. The lowest BCUT2D eigenvalue weighted by atomic mass is 9.98. The topological polar surface area (TPSA) is 44.8 Å². The first kappa shape index (κ1) is 23.0. The van der Waals surface area contributed by atoms with E-state index in [1.54, 1.807) is 7.11 Å². The third kappa shape index (κ3) is 15.2. The Morgan fingerprint density at radius 3 is 2.05 bits per heavy atom. The van der Waals surface area contributed by atoms with E-state index in [0.29, 0.717) is 33.0 Å². The second kappa shape index (κ2) is 19.8. The van der Waals surface area contributed by atoms with Gasteiger partial charge in [0.05, 0.1) is 26.4 Å². The van der Waals surface area contributed by atoms with Crippen molar-refractivity contribution >= 4 is 6.79 Å². The summed E-state index contributed by atoms with van der Waals surface area (Å²) >= 11 is 0. The molecule has 0 heterocycles. The van der Waals surface area contributed by atoms with Gasteiger partial charge >= 0.3 is 0 Å². The summed E-state index contributed by atoms with van der Waals surface area (Å²) < 4.78 is 15.1. The first-order chi connectivity index (χ1) is 10.8. The minimum atomic E-state index is 0.642. The number of methoxy groups -OCH3 is 1.